The average Bonchev–Trinajstić information content (AvgIpc) is 2.46. The molecule has 0 saturated carbocycles. The Bertz CT molecular complexity index is 620. The summed E-state index contributed by atoms with van der Waals surface area (Å²) in [5, 5.41) is 0. The van der Waals surface area contributed by atoms with Crippen molar-refractivity contribution < 1.29 is 9.69 Å². The SMILES string of the molecule is Cc1cc([NH+](CC(=O)N(C)C)Cc2ccccc2)nc(C)n1. The van der Waals surface area contributed by atoms with E-state index in [2.05, 4.69) is 22.1 Å². The molecule has 1 atom stereocenters. The molecule has 116 valence electrons. The fourth-order valence-electron chi connectivity index (χ4n) is 2.32. The smallest absolute Gasteiger partial charge is 0.277 e. The van der Waals surface area contributed by atoms with Crippen molar-refractivity contribution in [2.75, 3.05) is 20.6 Å². The van der Waals surface area contributed by atoms with Gasteiger partial charge in [0.2, 0.25) is 5.82 Å². The van der Waals surface area contributed by atoms with Gasteiger partial charge in [0.1, 0.15) is 12.4 Å². The number of nitrogens with one attached hydrogen (secondary N) is 1. The van der Waals surface area contributed by atoms with Gasteiger partial charge in [-0.1, -0.05) is 30.3 Å². The van der Waals surface area contributed by atoms with E-state index >= 15 is 0 Å². The second-order valence-corrected chi connectivity index (χ2v) is 5.67. The minimum absolute atomic E-state index is 0.0832. The monoisotopic (exact) mass is 299 g/mol. The molecule has 2 rings (SSSR count). The van der Waals surface area contributed by atoms with Gasteiger partial charge < -0.3 is 4.90 Å². The highest BCUT2D eigenvalue weighted by Crippen LogP contribution is 2.03. The summed E-state index contributed by atoms with van der Waals surface area (Å²) < 4.78 is 0. The van der Waals surface area contributed by atoms with Crippen molar-refractivity contribution in [3.8, 4) is 0 Å². The van der Waals surface area contributed by atoms with Crippen LogP contribution in [0.15, 0.2) is 36.4 Å². The summed E-state index contributed by atoms with van der Waals surface area (Å²) in [7, 11) is 3.55. The van der Waals surface area contributed by atoms with Crippen LogP contribution in [0, 0.1) is 13.8 Å². The van der Waals surface area contributed by atoms with Gasteiger partial charge in [0.15, 0.2) is 6.54 Å². The first-order valence-corrected chi connectivity index (χ1v) is 7.37. The lowest BCUT2D eigenvalue weighted by Crippen LogP contribution is -3.07. The van der Waals surface area contributed by atoms with Crippen LogP contribution in [-0.4, -0.2) is 41.4 Å². The second kappa shape index (κ2) is 7.13. The van der Waals surface area contributed by atoms with Crippen molar-refractivity contribution in [2.24, 2.45) is 0 Å². The lowest BCUT2D eigenvalue weighted by Gasteiger charge is -2.20. The van der Waals surface area contributed by atoms with Gasteiger partial charge in [0, 0.05) is 31.4 Å². The van der Waals surface area contributed by atoms with Crippen LogP contribution < -0.4 is 4.90 Å². The van der Waals surface area contributed by atoms with E-state index in [-0.39, 0.29) is 5.91 Å². The van der Waals surface area contributed by atoms with Gasteiger partial charge >= 0.3 is 0 Å². The molecule has 5 heteroatoms. The van der Waals surface area contributed by atoms with Gasteiger partial charge in [-0.25, -0.2) is 4.98 Å². The Hall–Kier alpha value is -2.27. The number of nitrogens with zero attached hydrogens (tertiary/aromatic N) is 3. The Morgan fingerprint density at radius 3 is 2.41 bits per heavy atom. The number of carbonyl (C=O) groups is 1. The van der Waals surface area contributed by atoms with E-state index < -0.39 is 0 Å². The van der Waals surface area contributed by atoms with Crippen LogP contribution in [0.3, 0.4) is 0 Å². The molecule has 1 amide bonds. The highest BCUT2D eigenvalue weighted by Gasteiger charge is 2.21. The molecule has 1 aromatic heterocycles. The Labute approximate surface area is 131 Å². The number of hydrogen-bond donors (Lipinski definition) is 1. The predicted molar refractivity (Wildman–Crippen MR) is 85.8 cm³/mol. The van der Waals surface area contributed by atoms with Crippen LogP contribution in [0.25, 0.3) is 0 Å². The molecule has 0 saturated heterocycles. The molecular formula is C17H23N4O+. The van der Waals surface area contributed by atoms with Crippen LogP contribution in [0.2, 0.25) is 0 Å². The standard InChI is InChI=1S/C17H22N4O/c1-13-10-16(19-14(2)18-13)21(12-17(22)20(3)4)11-15-8-6-5-7-9-15/h5-10H,11-12H2,1-4H3/p+1. The minimum Gasteiger partial charge on any atom is -0.344 e. The Balaban J connectivity index is 2.29. The van der Waals surface area contributed by atoms with E-state index in [1.165, 1.54) is 5.56 Å². The van der Waals surface area contributed by atoms with Gasteiger partial charge in [-0.05, 0) is 13.8 Å². The molecule has 0 aliphatic rings. The quantitative estimate of drug-likeness (QED) is 0.892. The summed E-state index contributed by atoms with van der Waals surface area (Å²) in [6.07, 6.45) is 0. The number of carbonyl (C=O) groups excluding carboxylic acids is 1. The highest BCUT2D eigenvalue weighted by molar-refractivity contribution is 5.76. The van der Waals surface area contributed by atoms with Crippen molar-refractivity contribution in [2.45, 2.75) is 20.4 Å². The molecule has 2 aromatic rings. The largest absolute Gasteiger partial charge is 0.344 e. The minimum atomic E-state index is 0.0832. The van der Waals surface area contributed by atoms with Gasteiger partial charge in [-0.3, -0.25) is 9.69 Å². The number of benzene rings is 1. The lowest BCUT2D eigenvalue weighted by molar-refractivity contribution is -0.841. The maximum atomic E-state index is 12.1. The molecule has 22 heavy (non-hydrogen) atoms. The summed E-state index contributed by atoms with van der Waals surface area (Å²) in [4.78, 5) is 23.6. The van der Waals surface area contributed by atoms with E-state index in [0.29, 0.717) is 6.54 Å². The lowest BCUT2D eigenvalue weighted by atomic mass is 10.2. The first-order chi connectivity index (χ1) is 10.5. The Morgan fingerprint density at radius 2 is 1.82 bits per heavy atom. The van der Waals surface area contributed by atoms with Gasteiger partial charge in [-0.2, -0.15) is 4.98 Å². The van der Waals surface area contributed by atoms with Crippen molar-refractivity contribution in [3.63, 3.8) is 0 Å². The fraction of sp³-hybridized carbons (Fsp3) is 0.353. The zero-order valence-electron chi connectivity index (χ0n) is 13.6. The van der Waals surface area contributed by atoms with Crippen molar-refractivity contribution in [3.05, 3.63) is 53.5 Å². The normalized spacial score (nSPS) is 12.0. The van der Waals surface area contributed by atoms with Crippen LogP contribution in [0.4, 0.5) is 5.82 Å². The second-order valence-electron chi connectivity index (χ2n) is 5.67. The van der Waals surface area contributed by atoms with E-state index in [1.807, 2.05) is 38.1 Å². The van der Waals surface area contributed by atoms with Gasteiger partial charge in [-0.15, -0.1) is 0 Å². The average molecular weight is 299 g/mol. The van der Waals surface area contributed by atoms with Crippen LogP contribution in [0.5, 0.6) is 0 Å². The summed E-state index contributed by atoms with van der Waals surface area (Å²) in [5.74, 6) is 1.68. The Kier molecular flexibility index (Phi) is 5.22. The predicted octanol–water partition coefficient (Wildman–Crippen LogP) is 0.898. The zero-order valence-corrected chi connectivity index (χ0v) is 13.6. The number of hydrogen-bond acceptors (Lipinski definition) is 3. The molecule has 1 aromatic carbocycles. The zero-order chi connectivity index (χ0) is 16.1. The molecule has 5 nitrogen and oxygen atoms in total. The molecule has 1 heterocycles. The summed E-state index contributed by atoms with van der Waals surface area (Å²) in [6, 6.07) is 12.1. The third kappa shape index (κ3) is 4.36. The molecule has 0 spiro atoms. The number of aromatic nitrogens is 2. The van der Waals surface area contributed by atoms with E-state index in [4.69, 9.17) is 0 Å². The van der Waals surface area contributed by atoms with E-state index in [0.717, 1.165) is 28.8 Å². The number of amides is 1. The highest BCUT2D eigenvalue weighted by atomic mass is 16.2. The third-order valence-electron chi connectivity index (χ3n) is 3.45. The number of rotatable bonds is 5. The molecular weight excluding hydrogens is 276 g/mol. The molecule has 0 aliphatic carbocycles. The van der Waals surface area contributed by atoms with E-state index in [1.54, 1.807) is 19.0 Å². The van der Waals surface area contributed by atoms with Gasteiger partial charge in [0.05, 0.1) is 0 Å². The summed E-state index contributed by atoms with van der Waals surface area (Å²) in [5.41, 5.74) is 2.10. The molecule has 1 unspecified atom stereocenters. The molecule has 0 radical (unpaired) electrons. The number of quaternary nitrogens is 1. The topological polar surface area (TPSA) is 50.5 Å². The van der Waals surface area contributed by atoms with Gasteiger partial charge in [0.25, 0.3) is 5.91 Å². The fourth-order valence-corrected chi connectivity index (χ4v) is 2.32. The van der Waals surface area contributed by atoms with Crippen LogP contribution >= 0.6 is 0 Å². The van der Waals surface area contributed by atoms with E-state index in [9.17, 15) is 4.79 Å². The summed E-state index contributed by atoms with van der Waals surface area (Å²) >= 11 is 0. The number of likely N-dealkylation sites (N-methyl/N-ethyl adjacent to an activating group) is 1. The maximum Gasteiger partial charge on any atom is 0.277 e. The maximum absolute atomic E-state index is 12.1. The molecule has 0 fully saturated rings. The van der Waals surface area contributed by atoms with Crippen molar-refractivity contribution >= 4 is 11.7 Å². The first kappa shape index (κ1) is 16.1. The molecule has 1 N–H and O–H groups in total. The molecule has 0 aliphatic heterocycles. The third-order valence-corrected chi connectivity index (χ3v) is 3.45. The summed E-state index contributed by atoms with van der Waals surface area (Å²) in [6.45, 7) is 4.92. The van der Waals surface area contributed by atoms with Crippen LogP contribution in [-0.2, 0) is 11.3 Å². The van der Waals surface area contributed by atoms with Crippen molar-refractivity contribution in [1.29, 1.82) is 0 Å². The van der Waals surface area contributed by atoms with Crippen molar-refractivity contribution in [1.82, 2.24) is 14.9 Å². The van der Waals surface area contributed by atoms with Crippen LogP contribution in [0.1, 0.15) is 17.1 Å². The first-order valence-electron chi connectivity index (χ1n) is 7.37. The number of aryl methyl sites for hydroxylation is 2. The molecule has 0 bridgehead atoms. The Morgan fingerprint density at radius 1 is 1.14 bits per heavy atom.